The number of nitrogens with zero attached hydrogens (tertiary/aromatic N) is 3. The minimum atomic E-state index is -0.438. The molecule has 0 radical (unpaired) electrons. The van der Waals surface area contributed by atoms with Crippen LogP contribution in [0.4, 0.5) is 0 Å². The second kappa shape index (κ2) is 4.41. The van der Waals surface area contributed by atoms with Crippen molar-refractivity contribution in [3.05, 3.63) is 26.7 Å². The normalized spacial score (nSPS) is 11.6. The Balaban J connectivity index is 3.01. The monoisotopic (exact) mass is 251 g/mol. The van der Waals surface area contributed by atoms with Crippen LogP contribution in [0, 0.1) is 0 Å². The molecule has 0 aliphatic heterocycles. The number of aromatic amines is 1. The highest BCUT2D eigenvalue weighted by atomic mass is 16.2. The average Bonchev–Trinajstić information content (AvgIpc) is 2.66. The van der Waals surface area contributed by atoms with Gasteiger partial charge in [-0.2, -0.15) is 0 Å². The van der Waals surface area contributed by atoms with Gasteiger partial charge in [0.25, 0.3) is 5.56 Å². The number of hydrogen-bond acceptors (Lipinski definition) is 4. The van der Waals surface area contributed by atoms with Crippen molar-refractivity contribution in [2.24, 2.45) is 5.73 Å². The molecule has 0 fully saturated rings. The molecule has 3 N–H and O–H groups in total. The van der Waals surface area contributed by atoms with Crippen LogP contribution >= 0.6 is 0 Å². The molecule has 0 aliphatic rings. The fourth-order valence-electron chi connectivity index (χ4n) is 2.17. The topological polar surface area (TPSA) is 98.7 Å². The zero-order valence-corrected chi connectivity index (χ0v) is 10.7. The molecule has 2 heterocycles. The van der Waals surface area contributed by atoms with Crippen LogP contribution in [0.1, 0.15) is 32.6 Å². The summed E-state index contributed by atoms with van der Waals surface area (Å²) in [4.78, 5) is 30.4. The molecule has 0 spiro atoms. The average molecular weight is 251 g/mol. The third kappa shape index (κ3) is 1.67. The van der Waals surface area contributed by atoms with Gasteiger partial charge in [-0.1, -0.05) is 0 Å². The molecule has 0 bridgehead atoms. The van der Waals surface area contributed by atoms with Gasteiger partial charge in [-0.3, -0.25) is 14.3 Å². The zero-order chi connectivity index (χ0) is 13.4. The van der Waals surface area contributed by atoms with Gasteiger partial charge >= 0.3 is 5.69 Å². The maximum atomic E-state index is 11.9. The van der Waals surface area contributed by atoms with Crippen LogP contribution in [-0.4, -0.2) is 19.1 Å². The molecule has 2 rings (SSSR count). The smallest absolute Gasteiger partial charge is 0.324 e. The Kier molecular flexibility index (Phi) is 3.08. The second-order valence-electron chi connectivity index (χ2n) is 4.37. The number of fused-ring (bicyclic) bond motifs is 1. The maximum Gasteiger partial charge on any atom is 0.330 e. The molecule has 0 saturated heterocycles. The minimum absolute atomic E-state index is 0.0809. The van der Waals surface area contributed by atoms with E-state index in [9.17, 15) is 9.59 Å². The summed E-state index contributed by atoms with van der Waals surface area (Å²) in [6, 6.07) is -0.0809. The van der Waals surface area contributed by atoms with Gasteiger partial charge in [-0.25, -0.2) is 9.78 Å². The summed E-state index contributed by atoms with van der Waals surface area (Å²) in [6.45, 7) is 6.46. The van der Waals surface area contributed by atoms with Gasteiger partial charge in [0.15, 0.2) is 11.2 Å². The molecule has 7 nitrogen and oxygen atoms in total. The van der Waals surface area contributed by atoms with E-state index in [0.717, 1.165) is 0 Å². The molecule has 7 heteroatoms. The Hall–Kier alpha value is -1.89. The number of imidazole rings is 1. The van der Waals surface area contributed by atoms with Gasteiger partial charge in [0, 0.05) is 12.6 Å². The number of nitrogens with two attached hydrogens (primary N) is 1. The lowest BCUT2D eigenvalue weighted by atomic mass is 10.3. The number of rotatable bonds is 3. The van der Waals surface area contributed by atoms with E-state index in [-0.39, 0.29) is 12.6 Å². The predicted octanol–water partition coefficient (Wildman–Crippen LogP) is -0.0542. The summed E-state index contributed by atoms with van der Waals surface area (Å²) in [5, 5.41) is 0. The summed E-state index contributed by atoms with van der Waals surface area (Å²) in [6.07, 6.45) is 0. The maximum absolute atomic E-state index is 11.9. The highest BCUT2D eigenvalue weighted by Gasteiger charge is 2.17. The number of aromatic nitrogens is 4. The molecule has 98 valence electrons. The summed E-state index contributed by atoms with van der Waals surface area (Å²) < 4.78 is 3.22. The zero-order valence-electron chi connectivity index (χ0n) is 10.7. The minimum Gasteiger partial charge on any atom is -0.324 e. The molecular weight excluding hydrogens is 234 g/mol. The van der Waals surface area contributed by atoms with Crippen LogP contribution in [0.5, 0.6) is 0 Å². The second-order valence-corrected chi connectivity index (χ2v) is 4.37. The molecule has 0 aromatic carbocycles. The van der Waals surface area contributed by atoms with Crippen molar-refractivity contribution in [3.63, 3.8) is 0 Å². The van der Waals surface area contributed by atoms with Crippen molar-refractivity contribution in [1.82, 2.24) is 19.1 Å². The Morgan fingerprint density at radius 3 is 2.56 bits per heavy atom. The van der Waals surface area contributed by atoms with Crippen LogP contribution in [0.25, 0.3) is 11.2 Å². The summed E-state index contributed by atoms with van der Waals surface area (Å²) in [5.41, 5.74) is 5.58. The van der Waals surface area contributed by atoms with Gasteiger partial charge in [-0.15, -0.1) is 0 Å². The van der Waals surface area contributed by atoms with Gasteiger partial charge in [-0.05, 0) is 20.8 Å². The van der Waals surface area contributed by atoms with E-state index in [1.807, 2.05) is 20.8 Å². The number of H-pyrrole nitrogens is 1. The van der Waals surface area contributed by atoms with Gasteiger partial charge < -0.3 is 10.3 Å². The Morgan fingerprint density at radius 2 is 2.06 bits per heavy atom. The SMILES string of the molecule is CCn1c(CN)nc2c1c(=O)[nH]c(=O)n2C(C)C. The molecule has 18 heavy (non-hydrogen) atoms. The molecule has 0 atom stereocenters. The molecule has 0 saturated carbocycles. The first kappa shape index (κ1) is 12.6. The van der Waals surface area contributed by atoms with Crippen molar-refractivity contribution in [1.29, 1.82) is 0 Å². The van der Waals surface area contributed by atoms with Gasteiger partial charge in [0.2, 0.25) is 0 Å². The first-order chi connectivity index (χ1) is 8.51. The van der Waals surface area contributed by atoms with Crippen molar-refractivity contribution in [2.45, 2.75) is 39.9 Å². The molecule has 0 aliphatic carbocycles. The third-order valence-corrected chi connectivity index (χ3v) is 2.93. The van der Waals surface area contributed by atoms with Crippen LogP contribution in [0.3, 0.4) is 0 Å². The van der Waals surface area contributed by atoms with Crippen LogP contribution in [0.2, 0.25) is 0 Å². The van der Waals surface area contributed by atoms with Crippen molar-refractivity contribution in [3.8, 4) is 0 Å². The van der Waals surface area contributed by atoms with E-state index >= 15 is 0 Å². The standard InChI is InChI=1S/C11H17N5O2/c1-4-15-7(5-12)13-9-8(15)10(17)14-11(18)16(9)6(2)3/h6H,4-5,12H2,1-3H3,(H,14,17,18). The van der Waals surface area contributed by atoms with Crippen molar-refractivity contribution < 1.29 is 0 Å². The Bertz CT molecular complexity index is 692. The summed E-state index contributed by atoms with van der Waals surface area (Å²) >= 11 is 0. The summed E-state index contributed by atoms with van der Waals surface area (Å²) in [7, 11) is 0. The highest BCUT2D eigenvalue weighted by molar-refractivity contribution is 5.71. The van der Waals surface area contributed by atoms with E-state index < -0.39 is 11.2 Å². The molecule has 2 aromatic heterocycles. The number of aryl methyl sites for hydroxylation is 1. The summed E-state index contributed by atoms with van der Waals surface area (Å²) in [5.74, 6) is 0.609. The van der Waals surface area contributed by atoms with E-state index in [1.54, 1.807) is 4.57 Å². The van der Waals surface area contributed by atoms with Gasteiger partial charge in [0.1, 0.15) is 5.82 Å². The van der Waals surface area contributed by atoms with Gasteiger partial charge in [0.05, 0.1) is 6.54 Å². The lowest BCUT2D eigenvalue weighted by molar-refractivity contribution is 0.579. The molecule has 2 aromatic rings. The Labute approximate surface area is 103 Å². The van der Waals surface area contributed by atoms with Crippen molar-refractivity contribution in [2.75, 3.05) is 0 Å². The van der Waals surface area contributed by atoms with Crippen molar-refractivity contribution >= 4 is 11.2 Å². The van der Waals surface area contributed by atoms with E-state index in [0.29, 0.717) is 23.5 Å². The first-order valence-electron chi connectivity index (χ1n) is 5.95. The fourth-order valence-corrected chi connectivity index (χ4v) is 2.17. The fraction of sp³-hybridized carbons (Fsp3) is 0.545. The highest BCUT2D eigenvalue weighted by Crippen LogP contribution is 2.13. The number of nitrogens with one attached hydrogen (secondary N) is 1. The third-order valence-electron chi connectivity index (χ3n) is 2.93. The van der Waals surface area contributed by atoms with E-state index in [4.69, 9.17) is 5.73 Å². The lowest BCUT2D eigenvalue weighted by Gasteiger charge is -2.09. The molecular formula is C11H17N5O2. The quantitative estimate of drug-likeness (QED) is 0.798. The largest absolute Gasteiger partial charge is 0.330 e. The number of hydrogen-bond donors (Lipinski definition) is 2. The van der Waals surface area contributed by atoms with E-state index in [1.165, 1.54) is 4.57 Å². The Morgan fingerprint density at radius 1 is 1.39 bits per heavy atom. The molecule has 0 unspecified atom stereocenters. The van der Waals surface area contributed by atoms with Crippen LogP contribution < -0.4 is 17.0 Å². The van der Waals surface area contributed by atoms with Crippen LogP contribution in [-0.2, 0) is 13.1 Å². The predicted molar refractivity (Wildman–Crippen MR) is 68.6 cm³/mol. The molecule has 0 amide bonds. The first-order valence-corrected chi connectivity index (χ1v) is 5.95. The van der Waals surface area contributed by atoms with E-state index in [2.05, 4.69) is 9.97 Å². The lowest BCUT2D eigenvalue weighted by Crippen LogP contribution is -2.32. The van der Waals surface area contributed by atoms with Crippen LogP contribution in [0.15, 0.2) is 9.59 Å².